The summed E-state index contributed by atoms with van der Waals surface area (Å²) < 4.78 is 80.0. The lowest BCUT2D eigenvalue weighted by atomic mass is 9.85. The molecule has 4 rings (SSSR count). The Hall–Kier alpha value is -3.94. The Morgan fingerprint density at radius 1 is 0.384 bits per heavy atom. The summed E-state index contributed by atoms with van der Waals surface area (Å²) in [5.41, 5.74) is 2.41. The Labute approximate surface area is 590 Å². The average molecular weight is 1410 g/mol. The van der Waals surface area contributed by atoms with E-state index in [1.165, 1.54) is 11.1 Å². The van der Waals surface area contributed by atoms with Gasteiger partial charge in [-0.3, -0.25) is 9.59 Å². The van der Waals surface area contributed by atoms with Crippen LogP contribution in [0.3, 0.4) is 0 Å². The van der Waals surface area contributed by atoms with Gasteiger partial charge in [-0.25, -0.2) is 0 Å². The van der Waals surface area contributed by atoms with Crippen LogP contribution in [0.4, 0.5) is 0 Å². The summed E-state index contributed by atoms with van der Waals surface area (Å²) in [5.74, 6) is -0.644. The molecule has 99 heavy (non-hydrogen) atoms. The number of aliphatic hydroxyl groups excluding tert-OH is 7. The molecule has 2 fully saturated rings. The zero-order chi connectivity index (χ0) is 71.1. The van der Waals surface area contributed by atoms with Crippen LogP contribution in [0.5, 0.6) is 0 Å². The minimum absolute atomic E-state index is 0.0129. The summed E-state index contributed by atoms with van der Waals surface area (Å²) >= 11 is 0. The molecule has 24 nitrogen and oxygen atoms in total. The molecule has 7 N–H and O–H groups in total. The van der Waals surface area contributed by atoms with Gasteiger partial charge in [-0.05, 0) is 138 Å². The highest BCUT2D eigenvalue weighted by molar-refractivity contribution is 5.69. The molecule has 10 atom stereocenters. The number of aryl methyl sites for hydroxylation is 2. The van der Waals surface area contributed by atoms with E-state index in [9.17, 15) is 40.2 Å². The first-order chi connectivity index (χ1) is 48.5. The van der Waals surface area contributed by atoms with Gasteiger partial charge in [0, 0.05) is 20.0 Å². The number of carbonyl (C=O) groups is 2. The predicted molar refractivity (Wildman–Crippen MR) is 373 cm³/mol. The zero-order valence-electron chi connectivity index (χ0n) is 59.5. The summed E-state index contributed by atoms with van der Waals surface area (Å²) in [5, 5.41) is 71.7. The lowest BCUT2D eigenvalue weighted by Crippen LogP contribution is -2.23. The highest BCUT2D eigenvalue weighted by atomic mass is 16.6. The maximum absolute atomic E-state index is 12.0. The molecule has 0 amide bonds. The van der Waals surface area contributed by atoms with Gasteiger partial charge in [0.05, 0.1) is 208 Å². The Morgan fingerprint density at radius 2 is 0.667 bits per heavy atom. The molecule has 2 aromatic carbocycles. The molecule has 0 unspecified atom stereocenters. The molecule has 0 heterocycles. The third-order valence-electron chi connectivity index (χ3n) is 16.9. The Morgan fingerprint density at radius 3 is 0.970 bits per heavy atom. The van der Waals surface area contributed by atoms with Crippen molar-refractivity contribution in [3.63, 3.8) is 0 Å². The van der Waals surface area contributed by atoms with Crippen molar-refractivity contribution in [1.29, 1.82) is 0 Å². The molecular weight excluding hydrogens is 1280 g/mol. The molecule has 0 bridgehead atoms. The van der Waals surface area contributed by atoms with E-state index in [4.69, 9.17) is 76.2 Å². The maximum Gasteiger partial charge on any atom is 0.305 e. The third-order valence-corrected chi connectivity index (χ3v) is 16.9. The number of ether oxygens (including phenoxy) is 15. The van der Waals surface area contributed by atoms with E-state index in [0.29, 0.717) is 255 Å². The largest absolute Gasteiger partial charge is 0.463 e. The van der Waals surface area contributed by atoms with Crippen molar-refractivity contribution < 1.29 is 116 Å². The number of allylic oxidation sites excluding steroid dienone is 4. The lowest BCUT2D eigenvalue weighted by molar-refractivity contribution is -0.146. The molecule has 24 heteroatoms. The molecule has 2 saturated carbocycles. The van der Waals surface area contributed by atoms with Gasteiger partial charge < -0.3 is 107 Å². The van der Waals surface area contributed by atoms with Crippen molar-refractivity contribution in [1.82, 2.24) is 0 Å². The van der Waals surface area contributed by atoms with Crippen LogP contribution in [0.15, 0.2) is 85.0 Å². The number of unbranched alkanes of at least 4 members (excludes halogenated alkanes) is 2. The number of methoxy groups -OCH3 is 1. The molecule has 0 spiro atoms. The lowest BCUT2D eigenvalue weighted by Gasteiger charge is -2.23. The fourth-order valence-corrected chi connectivity index (χ4v) is 11.5. The van der Waals surface area contributed by atoms with Crippen LogP contribution >= 0.6 is 0 Å². The first kappa shape index (κ1) is 89.3. The summed E-state index contributed by atoms with van der Waals surface area (Å²) in [6.07, 6.45) is 16.2. The number of rotatable bonds is 65. The van der Waals surface area contributed by atoms with E-state index in [1.807, 2.05) is 60.7 Å². The molecule has 2 aromatic rings. The molecule has 2 aliphatic carbocycles. The smallest absolute Gasteiger partial charge is 0.305 e. The maximum atomic E-state index is 12.0. The number of benzene rings is 2. The predicted octanol–water partition coefficient (Wildman–Crippen LogP) is 6.39. The standard InChI is InChI=1S/C38H64O12.C37H62O12/c1-43-17-18-44-19-20-45-21-22-46-23-24-47-25-26-48-27-28-49-29-30-50-38(42)12-8-3-2-7-11-34-35(37(41)31-36(34)40)16-15-33(39)14-13-32-9-5-4-6-10-32;38-16-17-43-18-19-44-20-21-45-22-23-46-24-25-47-26-27-48-28-29-49-37(42)11-7-2-1-6-10-33-34(36(41)30-35(33)40)15-14-32(39)13-12-31-8-4-3-5-9-31/h2,4-7,9-10,33-37,39-41H,3,8,11-31H2,1H3;1,3-6,8-9,32-36,38-41H,2,7,10-30H2/b7-2-;6-1-/t33-,34+,35+,36-,37+;32-,33+,34+,35-,36+/m00/s1. The van der Waals surface area contributed by atoms with Gasteiger partial charge in [0.25, 0.3) is 0 Å². The molecule has 2 aliphatic rings. The molecule has 570 valence electrons. The van der Waals surface area contributed by atoms with Crippen molar-refractivity contribution in [2.24, 2.45) is 23.7 Å². The van der Waals surface area contributed by atoms with E-state index in [2.05, 4.69) is 24.3 Å². The zero-order valence-corrected chi connectivity index (χ0v) is 59.5. The molecule has 0 aliphatic heterocycles. The van der Waals surface area contributed by atoms with E-state index < -0.39 is 36.6 Å². The topological polar surface area (TPSA) is 314 Å². The Kier molecular flexibility index (Phi) is 57.5. The number of carbonyl (C=O) groups excluding carboxylic acids is 2. The number of aliphatic hydroxyl groups is 7. The normalized spacial score (nSPS) is 19.8. The summed E-state index contributed by atoms with van der Waals surface area (Å²) in [6.45, 7) is 11.9. The van der Waals surface area contributed by atoms with Gasteiger partial charge >= 0.3 is 11.9 Å². The summed E-state index contributed by atoms with van der Waals surface area (Å²) in [4.78, 5) is 24.0. The minimum atomic E-state index is -0.551. The van der Waals surface area contributed by atoms with Gasteiger partial charge in [0.1, 0.15) is 13.2 Å². The van der Waals surface area contributed by atoms with Crippen LogP contribution < -0.4 is 0 Å². The molecule has 0 aromatic heterocycles. The van der Waals surface area contributed by atoms with Crippen molar-refractivity contribution in [2.45, 2.75) is 152 Å². The number of esters is 2. The first-order valence-corrected chi connectivity index (χ1v) is 36.3. The van der Waals surface area contributed by atoms with Crippen molar-refractivity contribution >= 4 is 11.9 Å². The van der Waals surface area contributed by atoms with Gasteiger partial charge in [0.2, 0.25) is 0 Å². The third kappa shape index (κ3) is 49.4. The summed E-state index contributed by atoms with van der Waals surface area (Å²) in [7, 11) is 1.64. The quantitative estimate of drug-likeness (QED) is 0.0214. The molecule has 0 saturated heterocycles. The first-order valence-electron chi connectivity index (χ1n) is 36.3. The summed E-state index contributed by atoms with van der Waals surface area (Å²) in [6, 6.07) is 20.2. The van der Waals surface area contributed by atoms with Crippen molar-refractivity contribution in [2.75, 3.05) is 192 Å². The van der Waals surface area contributed by atoms with E-state index in [-0.39, 0.29) is 55.4 Å². The minimum Gasteiger partial charge on any atom is -0.463 e. The van der Waals surface area contributed by atoms with Crippen LogP contribution in [-0.4, -0.2) is 276 Å². The van der Waals surface area contributed by atoms with E-state index in [1.54, 1.807) is 7.11 Å². The Balaban J connectivity index is 0.000000515. The second-order valence-electron chi connectivity index (χ2n) is 24.6. The number of hydrogen-bond donors (Lipinski definition) is 7. The number of hydrogen-bond acceptors (Lipinski definition) is 24. The SMILES string of the molecule is COCCOCCOCCOCCOCCOCCOCCOC(=O)CCC/C=C\C[C@@H]1[C@@H](CC[C@@H](O)CCc2ccccc2)[C@H](O)C[C@@H]1O.O=C(CCC/C=C\C[C@@H]1[C@@H](CC[C@@H](O)CCc2ccccc2)[C@H](O)C[C@@H]1O)OCCOCCOCCOCCOCCOCCOCCO. The van der Waals surface area contributed by atoms with E-state index in [0.717, 1.165) is 25.7 Å². The molecule has 0 radical (unpaired) electrons. The average Bonchev–Trinajstić information content (AvgIpc) is 1.71. The van der Waals surface area contributed by atoms with Crippen LogP contribution in [-0.2, 0) is 93.5 Å². The fraction of sp³-hybridized carbons (Fsp3) is 0.760. The second-order valence-corrected chi connectivity index (χ2v) is 24.6. The fourth-order valence-electron chi connectivity index (χ4n) is 11.5. The van der Waals surface area contributed by atoms with Crippen molar-refractivity contribution in [3.05, 3.63) is 96.1 Å². The monoisotopic (exact) mass is 1410 g/mol. The van der Waals surface area contributed by atoms with Gasteiger partial charge in [-0.1, -0.05) is 85.0 Å². The highest BCUT2D eigenvalue weighted by Gasteiger charge is 2.42. The van der Waals surface area contributed by atoms with Crippen LogP contribution in [0.1, 0.15) is 114 Å². The van der Waals surface area contributed by atoms with Gasteiger partial charge in [-0.2, -0.15) is 0 Å². The van der Waals surface area contributed by atoms with Crippen LogP contribution in [0.2, 0.25) is 0 Å². The van der Waals surface area contributed by atoms with Crippen LogP contribution in [0.25, 0.3) is 0 Å². The van der Waals surface area contributed by atoms with Gasteiger partial charge in [-0.15, -0.1) is 0 Å². The van der Waals surface area contributed by atoms with Crippen LogP contribution in [0, 0.1) is 23.7 Å². The van der Waals surface area contributed by atoms with Crippen molar-refractivity contribution in [3.8, 4) is 0 Å². The second kappa shape index (κ2) is 63.7. The van der Waals surface area contributed by atoms with E-state index >= 15 is 0 Å². The Bertz CT molecular complexity index is 2180. The van der Waals surface area contributed by atoms with Gasteiger partial charge in [0.15, 0.2) is 0 Å². The molecular formula is C75H126O24. The highest BCUT2D eigenvalue weighted by Crippen LogP contribution is 2.40.